The normalized spacial score (nSPS) is 57.0. The summed E-state index contributed by atoms with van der Waals surface area (Å²) in [6.07, 6.45) is 10.4. The lowest BCUT2D eigenvalue weighted by molar-refractivity contribution is -0.121. The van der Waals surface area contributed by atoms with Crippen LogP contribution in [0.15, 0.2) is 12.2 Å². The topological polar surface area (TPSA) is 35.5 Å². The van der Waals surface area contributed by atoms with Crippen molar-refractivity contribution in [3.05, 3.63) is 12.2 Å². The molecule has 0 bridgehead atoms. The summed E-state index contributed by atoms with van der Waals surface area (Å²) < 4.78 is 0. The van der Waals surface area contributed by atoms with Crippen LogP contribution in [-0.4, -0.2) is 49.3 Å². The molecule has 0 aromatic heterocycles. The summed E-state index contributed by atoms with van der Waals surface area (Å²) in [6, 6.07) is 0.962. The van der Waals surface area contributed by atoms with E-state index in [1.54, 1.807) is 5.57 Å². The van der Waals surface area contributed by atoms with E-state index in [4.69, 9.17) is 0 Å². The van der Waals surface area contributed by atoms with Gasteiger partial charge in [0.15, 0.2) is 0 Å². The molecule has 0 heterocycles. The van der Waals surface area contributed by atoms with Gasteiger partial charge in [0.05, 0.1) is 6.10 Å². The molecule has 29 heavy (non-hydrogen) atoms. The van der Waals surface area contributed by atoms with Crippen LogP contribution in [0.1, 0.15) is 72.1 Å². The summed E-state index contributed by atoms with van der Waals surface area (Å²) in [5.41, 5.74) is 3.15. The third kappa shape index (κ3) is 2.21. The molecule has 0 aliphatic heterocycles. The van der Waals surface area contributed by atoms with Crippen LogP contribution >= 0.6 is 0 Å². The van der Waals surface area contributed by atoms with Crippen LogP contribution in [0.2, 0.25) is 0 Å². The Morgan fingerprint density at radius 1 is 1.07 bits per heavy atom. The van der Waals surface area contributed by atoms with Gasteiger partial charge >= 0.3 is 0 Å². The molecule has 5 fully saturated rings. The Morgan fingerprint density at radius 2 is 1.79 bits per heavy atom. The van der Waals surface area contributed by atoms with Gasteiger partial charge in [-0.25, -0.2) is 0 Å². The lowest BCUT2D eigenvalue weighted by Crippen LogP contribution is -2.56. The lowest BCUT2D eigenvalue weighted by Gasteiger charge is -2.61. The molecule has 0 aromatic rings. The van der Waals surface area contributed by atoms with Crippen molar-refractivity contribution in [2.45, 2.75) is 90.3 Å². The smallest absolute Gasteiger partial charge is 0.0594 e. The zero-order valence-corrected chi connectivity index (χ0v) is 19.7. The molecule has 2 N–H and O–H groups in total. The van der Waals surface area contributed by atoms with Crippen molar-refractivity contribution in [1.82, 2.24) is 10.2 Å². The maximum atomic E-state index is 11.2. The summed E-state index contributed by atoms with van der Waals surface area (Å²) in [5.74, 6) is 1.91. The van der Waals surface area contributed by atoms with E-state index in [2.05, 4.69) is 58.7 Å². The summed E-state index contributed by atoms with van der Waals surface area (Å²) in [7, 11) is 6.53. The highest BCUT2D eigenvalue weighted by Gasteiger charge is 2.81. The van der Waals surface area contributed by atoms with Gasteiger partial charge in [0.2, 0.25) is 0 Å². The fraction of sp³-hybridized carbons (Fsp3) is 0.923. The van der Waals surface area contributed by atoms with E-state index in [1.165, 1.54) is 44.9 Å². The van der Waals surface area contributed by atoms with Crippen molar-refractivity contribution in [3.63, 3.8) is 0 Å². The molecule has 164 valence electrons. The highest BCUT2D eigenvalue weighted by Crippen LogP contribution is 2.88. The zero-order chi connectivity index (χ0) is 21.0. The van der Waals surface area contributed by atoms with Crippen molar-refractivity contribution >= 4 is 0 Å². The number of likely N-dealkylation sites (N-methyl/N-ethyl adjacent to an activating group) is 1. The van der Waals surface area contributed by atoms with Gasteiger partial charge < -0.3 is 15.3 Å². The summed E-state index contributed by atoms with van der Waals surface area (Å²) in [4.78, 5) is 2.41. The first-order valence-corrected chi connectivity index (χ1v) is 12.3. The standard InChI is InChI=1S/C26H44N2O/c1-16-18-8-9-21-24(4)14-20(29)22(17(2)27-5)23(24,3)12-13-26(21)15-25(18,26)11-10-19(16)28(6)7/h17-22,27,29H,1,8-15H2,2-7H3/t17-,18-,19-,20+,21-,22-,23+,24+,25+,26-/m0/s1. The predicted molar refractivity (Wildman–Crippen MR) is 120 cm³/mol. The largest absolute Gasteiger partial charge is 0.393 e. The van der Waals surface area contributed by atoms with E-state index in [0.29, 0.717) is 28.8 Å². The second kappa shape index (κ2) is 6.11. The molecule has 0 radical (unpaired) electrons. The molecule has 2 spiro atoms. The Kier molecular flexibility index (Phi) is 4.32. The molecule has 0 unspecified atom stereocenters. The van der Waals surface area contributed by atoms with E-state index in [0.717, 1.165) is 18.3 Å². The Labute approximate surface area is 178 Å². The van der Waals surface area contributed by atoms with Crippen molar-refractivity contribution in [2.24, 2.45) is 39.4 Å². The second-order valence-corrected chi connectivity index (χ2v) is 12.5. The van der Waals surface area contributed by atoms with Crippen LogP contribution in [0.25, 0.3) is 0 Å². The first kappa shape index (κ1) is 20.5. The Morgan fingerprint density at radius 3 is 2.45 bits per heavy atom. The number of aliphatic hydroxyl groups excluding tert-OH is 1. The number of fused-ring (bicyclic) bond motifs is 2. The van der Waals surface area contributed by atoms with Gasteiger partial charge in [0, 0.05) is 18.0 Å². The number of rotatable bonds is 3. The number of aliphatic hydroxyl groups is 1. The first-order valence-electron chi connectivity index (χ1n) is 12.3. The van der Waals surface area contributed by atoms with Gasteiger partial charge in [-0.05, 0) is 113 Å². The Balaban J connectivity index is 1.50. The molecule has 0 saturated heterocycles. The third-order valence-electron chi connectivity index (χ3n) is 11.9. The molecular weight excluding hydrogens is 356 g/mol. The van der Waals surface area contributed by atoms with Crippen LogP contribution in [0.3, 0.4) is 0 Å². The first-order chi connectivity index (χ1) is 13.6. The summed E-state index contributed by atoms with van der Waals surface area (Å²) >= 11 is 0. The van der Waals surface area contributed by atoms with Crippen LogP contribution in [0, 0.1) is 39.4 Å². The monoisotopic (exact) mass is 400 g/mol. The molecule has 0 amide bonds. The number of hydrogen-bond donors (Lipinski definition) is 2. The molecule has 10 atom stereocenters. The van der Waals surface area contributed by atoms with Crippen LogP contribution in [0.4, 0.5) is 0 Å². The van der Waals surface area contributed by atoms with E-state index in [-0.39, 0.29) is 16.9 Å². The maximum Gasteiger partial charge on any atom is 0.0594 e. The molecule has 0 aromatic carbocycles. The molecule has 3 nitrogen and oxygen atoms in total. The fourth-order valence-electron chi connectivity index (χ4n) is 10.4. The molecule has 5 aliphatic rings. The Hall–Kier alpha value is -0.380. The quantitative estimate of drug-likeness (QED) is 0.687. The van der Waals surface area contributed by atoms with Crippen molar-refractivity contribution < 1.29 is 5.11 Å². The number of nitrogens with one attached hydrogen (secondary N) is 1. The minimum Gasteiger partial charge on any atom is -0.393 e. The second-order valence-electron chi connectivity index (χ2n) is 12.5. The van der Waals surface area contributed by atoms with Crippen LogP contribution < -0.4 is 5.32 Å². The lowest BCUT2D eigenvalue weighted by atomic mass is 9.43. The van der Waals surface area contributed by atoms with Gasteiger partial charge in [0.1, 0.15) is 0 Å². The highest BCUT2D eigenvalue weighted by molar-refractivity contribution is 5.35. The summed E-state index contributed by atoms with van der Waals surface area (Å²) in [6.45, 7) is 12.1. The van der Waals surface area contributed by atoms with Gasteiger partial charge in [-0.2, -0.15) is 0 Å². The fourth-order valence-corrected chi connectivity index (χ4v) is 10.4. The molecule has 5 rings (SSSR count). The maximum absolute atomic E-state index is 11.2. The minimum absolute atomic E-state index is 0.158. The van der Waals surface area contributed by atoms with E-state index in [9.17, 15) is 5.11 Å². The van der Waals surface area contributed by atoms with E-state index in [1.807, 2.05) is 0 Å². The molecule has 3 heteroatoms. The Bertz CT molecular complexity index is 719. The highest BCUT2D eigenvalue weighted by atomic mass is 16.3. The zero-order valence-electron chi connectivity index (χ0n) is 19.7. The van der Waals surface area contributed by atoms with E-state index < -0.39 is 0 Å². The average molecular weight is 401 g/mol. The van der Waals surface area contributed by atoms with Gasteiger partial charge in [-0.3, -0.25) is 0 Å². The molecular formula is C26H44N2O. The van der Waals surface area contributed by atoms with Crippen LogP contribution in [0.5, 0.6) is 0 Å². The van der Waals surface area contributed by atoms with Crippen molar-refractivity contribution in [2.75, 3.05) is 21.1 Å². The van der Waals surface area contributed by atoms with Crippen molar-refractivity contribution in [1.29, 1.82) is 0 Å². The molecule has 5 saturated carbocycles. The molecule has 5 aliphatic carbocycles. The van der Waals surface area contributed by atoms with Crippen molar-refractivity contribution in [3.8, 4) is 0 Å². The van der Waals surface area contributed by atoms with Gasteiger partial charge in [-0.15, -0.1) is 0 Å². The minimum atomic E-state index is -0.158. The average Bonchev–Trinajstić information content (AvgIpc) is 3.26. The number of hydrogen-bond acceptors (Lipinski definition) is 3. The third-order valence-corrected chi connectivity index (χ3v) is 11.9. The van der Waals surface area contributed by atoms with Gasteiger partial charge in [0.25, 0.3) is 0 Å². The van der Waals surface area contributed by atoms with Gasteiger partial charge in [-0.1, -0.05) is 26.0 Å². The number of nitrogens with zero attached hydrogens (tertiary/aromatic N) is 1. The van der Waals surface area contributed by atoms with E-state index >= 15 is 0 Å². The van der Waals surface area contributed by atoms with Crippen LogP contribution in [-0.2, 0) is 0 Å². The predicted octanol–water partition coefficient (Wildman–Crippen LogP) is 4.46. The summed E-state index contributed by atoms with van der Waals surface area (Å²) in [5, 5.41) is 14.7. The SMILES string of the molecule is C=C1[C@@H](N(C)C)CC[C@]23C[C@]24CC[C@]2(C)[C@@H]([C@H](C)NC)[C@H](O)C[C@]2(C)[C@@H]4CC[C@@H]13.